The fourth-order valence-corrected chi connectivity index (χ4v) is 4.57. The average molecular weight is 366 g/mol. The number of aromatic nitrogens is 2. The van der Waals surface area contributed by atoms with E-state index in [4.69, 9.17) is 0 Å². The lowest BCUT2D eigenvalue weighted by molar-refractivity contribution is -0.140. The number of fused-ring (bicyclic) bond motifs is 5. The van der Waals surface area contributed by atoms with Crippen LogP contribution in [-0.4, -0.2) is 57.3 Å². The lowest BCUT2D eigenvalue weighted by Gasteiger charge is -2.36. The lowest BCUT2D eigenvalue weighted by atomic mass is 9.94. The highest BCUT2D eigenvalue weighted by molar-refractivity contribution is 5.83. The molecule has 3 aliphatic heterocycles. The van der Waals surface area contributed by atoms with Crippen molar-refractivity contribution in [1.29, 1.82) is 0 Å². The van der Waals surface area contributed by atoms with Gasteiger partial charge in [0.15, 0.2) is 0 Å². The molecule has 2 bridgehead atoms. The second kappa shape index (κ2) is 6.66. The standard InChI is InChI=1S/C21H26N4O2/c26-20(10-9-19-22-17-3-1-2-4-18(17)23-19)24-12-15-7-8-16(13-24)25(21(15)27)11-14-5-6-14/h1-4,14-16H,5-13H2,(H,22,23)/t15-,16+/m0/s1. The summed E-state index contributed by atoms with van der Waals surface area (Å²) in [5.41, 5.74) is 1.95. The average Bonchev–Trinajstić information content (AvgIpc) is 3.45. The van der Waals surface area contributed by atoms with Crippen LogP contribution in [0.1, 0.15) is 37.9 Å². The molecule has 0 spiro atoms. The van der Waals surface area contributed by atoms with Crippen LogP contribution >= 0.6 is 0 Å². The number of hydrogen-bond acceptors (Lipinski definition) is 3. The molecule has 1 aliphatic carbocycles. The molecule has 2 aromatic rings. The van der Waals surface area contributed by atoms with Crippen LogP contribution < -0.4 is 0 Å². The number of benzene rings is 1. The van der Waals surface area contributed by atoms with E-state index in [1.165, 1.54) is 12.8 Å². The molecule has 0 unspecified atom stereocenters. The Bertz CT molecular complexity index is 839. The molecule has 1 N–H and O–H groups in total. The van der Waals surface area contributed by atoms with Gasteiger partial charge in [-0.3, -0.25) is 9.59 Å². The smallest absolute Gasteiger partial charge is 0.227 e. The Balaban J connectivity index is 1.24. The summed E-state index contributed by atoms with van der Waals surface area (Å²) in [6, 6.07) is 8.14. The van der Waals surface area contributed by atoms with E-state index in [0.717, 1.165) is 36.2 Å². The number of hydrogen-bond donors (Lipinski definition) is 1. The van der Waals surface area contributed by atoms with Gasteiger partial charge in [0.05, 0.1) is 17.0 Å². The number of imidazole rings is 1. The Kier molecular flexibility index (Phi) is 4.14. The van der Waals surface area contributed by atoms with Crippen molar-refractivity contribution >= 4 is 22.8 Å². The molecule has 1 aromatic heterocycles. The van der Waals surface area contributed by atoms with E-state index in [1.54, 1.807) is 0 Å². The molecule has 0 radical (unpaired) electrons. The van der Waals surface area contributed by atoms with Crippen molar-refractivity contribution in [3.8, 4) is 0 Å². The summed E-state index contributed by atoms with van der Waals surface area (Å²) in [5.74, 6) is 1.98. The number of piperidine rings is 1. The third kappa shape index (κ3) is 3.33. The summed E-state index contributed by atoms with van der Waals surface area (Å²) in [6.07, 6.45) is 5.52. The van der Waals surface area contributed by atoms with Crippen molar-refractivity contribution in [3.63, 3.8) is 0 Å². The number of nitrogens with zero attached hydrogens (tertiary/aromatic N) is 3. The molecule has 4 heterocycles. The Morgan fingerprint density at radius 3 is 2.81 bits per heavy atom. The van der Waals surface area contributed by atoms with Crippen LogP contribution in [0, 0.1) is 11.8 Å². The molecule has 2 amide bonds. The second-order valence-electron chi connectivity index (χ2n) is 8.36. The first-order valence-corrected chi connectivity index (χ1v) is 10.2. The summed E-state index contributed by atoms with van der Waals surface area (Å²) in [4.78, 5) is 37.5. The van der Waals surface area contributed by atoms with Gasteiger partial charge in [0, 0.05) is 38.5 Å². The Morgan fingerprint density at radius 1 is 1.15 bits per heavy atom. The third-order valence-corrected chi connectivity index (χ3v) is 6.31. The molecule has 2 atom stereocenters. The summed E-state index contributed by atoms with van der Waals surface area (Å²) in [5, 5.41) is 0. The summed E-state index contributed by atoms with van der Waals surface area (Å²) in [7, 11) is 0. The monoisotopic (exact) mass is 366 g/mol. The van der Waals surface area contributed by atoms with Gasteiger partial charge in [0.25, 0.3) is 0 Å². The van der Waals surface area contributed by atoms with E-state index in [-0.39, 0.29) is 23.8 Å². The molecule has 1 saturated carbocycles. The molecule has 4 aliphatic rings. The summed E-state index contributed by atoms with van der Waals surface area (Å²) >= 11 is 0. The van der Waals surface area contributed by atoms with Gasteiger partial charge < -0.3 is 14.8 Å². The van der Waals surface area contributed by atoms with Crippen LogP contribution in [0.5, 0.6) is 0 Å². The zero-order valence-electron chi connectivity index (χ0n) is 15.6. The van der Waals surface area contributed by atoms with Crippen LogP contribution in [0.25, 0.3) is 11.0 Å². The highest BCUT2D eigenvalue weighted by Crippen LogP contribution is 2.35. The molecule has 6 heteroatoms. The number of para-hydroxylation sites is 2. The Labute approximate surface area is 158 Å². The minimum absolute atomic E-state index is 0.00218. The Morgan fingerprint density at radius 2 is 2.00 bits per heavy atom. The fraction of sp³-hybridized carbons (Fsp3) is 0.571. The van der Waals surface area contributed by atoms with Gasteiger partial charge in [0.2, 0.25) is 11.8 Å². The number of carbonyl (C=O) groups is 2. The van der Waals surface area contributed by atoms with Gasteiger partial charge in [-0.1, -0.05) is 12.1 Å². The minimum Gasteiger partial charge on any atom is -0.342 e. The number of amides is 2. The molecule has 1 aromatic carbocycles. The first-order valence-electron chi connectivity index (χ1n) is 10.2. The molecule has 4 fully saturated rings. The molecule has 6 rings (SSSR count). The van der Waals surface area contributed by atoms with E-state index in [2.05, 4.69) is 14.9 Å². The number of rotatable bonds is 5. The predicted molar refractivity (Wildman–Crippen MR) is 102 cm³/mol. The lowest BCUT2D eigenvalue weighted by Crippen LogP contribution is -2.48. The number of carbonyl (C=O) groups excluding carboxylic acids is 2. The number of aryl methyl sites for hydroxylation is 1. The van der Waals surface area contributed by atoms with E-state index in [9.17, 15) is 9.59 Å². The quantitative estimate of drug-likeness (QED) is 0.883. The van der Waals surface area contributed by atoms with Crippen molar-refractivity contribution < 1.29 is 9.59 Å². The van der Waals surface area contributed by atoms with Gasteiger partial charge in [-0.2, -0.15) is 0 Å². The SMILES string of the molecule is O=C(CCc1nc2ccccc2[nH]1)N1C[C@@H]2CC[C@H](C1)N(CC1CC1)C2=O. The van der Waals surface area contributed by atoms with E-state index >= 15 is 0 Å². The summed E-state index contributed by atoms with van der Waals surface area (Å²) < 4.78 is 0. The maximum Gasteiger partial charge on any atom is 0.227 e. The van der Waals surface area contributed by atoms with Crippen molar-refractivity contribution in [2.24, 2.45) is 11.8 Å². The molecule has 27 heavy (non-hydrogen) atoms. The highest BCUT2D eigenvalue weighted by Gasteiger charge is 2.43. The van der Waals surface area contributed by atoms with Gasteiger partial charge in [-0.25, -0.2) is 4.98 Å². The van der Waals surface area contributed by atoms with Crippen molar-refractivity contribution in [2.45, 2.75) is 44.6 Å². The van der Waals surface area contributed by atoms with Gasteiger partial charge in [-0.05, 0) is 43.7 Å². The van der Waals surface area contributed by atoms with E-state index < -0.39 is 0 Å². The van der Waals surface area contributed by atoms with Crippen molar-refractivity contribution in [2.75, 3.05) is 19.6 Å². The van der Waals surface area contributed by atoms with Crippen LogP contribution in [0.2, 0.25) is 0 Å². The van der Waals surface area contributed by atoms with Gasteiger partial charge in [0.1, 0.15) is 5.82 Å². The predicted octanol–water partition coefficient (Wildman–Crippen LogP) is 2.35. The highest BCUT2D eigenvalue weighted by atomic mass is 16.2. The Hall–Kier alpha value is -2.37. The maximum atomic E-state index is 12.9. The molecular weight excluding hydrogens is 340 g/mol. The van der Waals surface area contributed by atoms with Crippen molar-refractivity contribution in [3.05, 3.63) is 30.1 Å². The summed E-state index contributed by atoms with van der Waals surface area (Å²) in [6.45, 7) is 2.20. The maximum absolute atomic E-state index is 12.9. The number of H-pyrrole nitrogens is 1. The first kappa shape index (κ1) is 16.8. The van der Waals surface area contributed by atoms with E-state index in [1.807, 2.05) is 29.2 Å². The van der Waals surface area contributed by atoms with Gasteiger partial charge >= 0.3 is 0 Å². The third-order valence-electron chi connectivity index (χ3n) is 6.31. The molecule has 3 saturated heterocycles. The first-order chi connectivity index (χ1) is 13.2. The van der Waals surface area contributed by atoms with E-state index in [0.29, 0.717) is 31.8 Å². The van der Waals surface area contributed by atoms with Crippen LogP contribution in [-0.2, 0) is 16.0 Å². The zero-order chi connectivity index (χ0) is 18.4. The number of nitrogens with one attached hydrogen (secondary N) is 1. The topological polar surface area (TPSA) is 69.3 Å². The van der Waals surface area contributed by atoms with Gasteiger partial charge in [-0.15, -0.1) is 0 Å². The fourth-order valence-electron chi connectivity index (χ4n) is 4.57. The van der Waals surface area contributed by atoms with Crippen molar-refractivity contribution in [1.82, 2.24) is 19.8 Å². The molecule has 6 nitrogen and oxygen atoms in total. The number of aromatic amines is 1. The van der Waals surface area contributed by atoms with Crippen LogP contribution in [0.15, 0.2) is 24.3 Å². The normalized spacial score (nSPS) is 25.3. The van der Waals surface area contributed by atoms with Crippen LogP contribution in [0.3, 0.4) is 0 Å². The molecular formula is C21H26N4O2. The largest absolute Gasteiger partial charge is 0.342 e. The van der Waals surface area contributed by atoms with Crippen LogP contribution in [0.4, 0.5) is 0 Å². The minimum atomic E-state index is -0.00218. The second-order valence-corrected chi connectivity index (χ2v) is 8.36. The zero-order valence-corrected chi connectivity index (χ0v) is 15.6. The molecule has 142 valence electrons.